The number of thiophene rings is 1. The van der Waals surface area contributed by atoms with Crippen LogP contribution in [0.3, 0.4) is 0 Å². The second-order valence-corrected chi connectivity index (χ2v) is 8.21. The monoisotopic (exact) mass is 396 g/mol. The minimum Gasteiger partial charge on any atom is -0.365 e. The summed E-state index contributed by atoms with van der Waals surface area (Å²) >= 11 is 1.65. The van der Waals surface area contributed by atoms with E-state index in [9.17, 15) is 4.79 Å². The molecule has 0 saturated carbocycles. The summed E-state index contributed by atoms with van der Waals surface area (Å²) in [5, 5.41) is 4.04. The molecule has 28 heavy (non-hydrogen) atoms. The molecule has 3 aromatic heterocycles. The van der Waals surface area contributed by atoms with Crippen molar-refractivity contribution < 1.29 is 14.1 Å². The number of ether oxygens (including phenoxy) is 1. The Kier molecular flexibility index (Phi) is 4.66. The number of carbonyl (C=O) groups is 1. The van der Waals surface area contributed by atoms with Crippen molar-refractivity contribution in [1.29, 1.82) is 0 Å². The molecular weight excluding hydrogens is 376 g/mol. The van der Waals surface area contributed by atoms with Crippen LogP contribution in [0.4, 0.5) is 0 Å². The van der Waals surface area contributed by atoms with E-state index in [-0.39, 0.29) is 5.91 Å². The van der Waals surface area contributed by atoms with Crippen LogP contribution in [0.1, 0.15) is 44.9 Å². The fraction of sp³-hybridized carbons (Fsp3) is 0.400. The summed E-state index contributed by atoms with van der Waals surface area (Å²) in [7, 11) is 0. The molecule has 7 nitrogen and oxygen atoms in total. The number of rotatable bonds is 3. The molecule has 4 heterocycles. The molecule has 0 aromatic carbocycles. The van der Waals surface area contributed by atoms with Crippen molar-refractivity contribution in [1.82, 2.24) is 20.0 Å². The first-order valence-corrected chi connectivity index (χ1v) is 10.4. The minimum atomic E-state index is -0.407. The van der Waals surface area contributed by atoms with Crippen molar-refractivity contribution in [3.05, 3.63) is 51.8 Å². The lowest BCUT2D eigenvalue weighted by Crippen LogP contribution is -2.42. The summed E-state index contributed by atoms with van der Waals surface area (Å²) in [6, 6.07) is 5.73. The summed E-state index contributed by atoms with van der Waals surface area (Å²) in [6.07, 6.45) is 7.58. The molecule has 2 aliphatic rings. The van der Waals surface area contributed by atoms with E-state index in [1.807, 2.05) is 17.0 Å². The van der Waals surface area contributed by atoms with Gasteiger partial charge in [-0.25, -0.2) is 0 Å². The number of hydrogen-bond donors (Lipinski definition) is 0. The van der Waals surface area contributed by atoms with Gasteiger partial charge in [-0.2, -0.15) is 4.98 Å². The third kappa shape index (κ3) is 3.33. The lowest BCUT2D eigenvalue weighted by molar-refractivity contribution is -0.0365. The Hall–Kier alpha value is -2.58. The second kappa shape index (κ2) is 7.44. The Morgan fingerprint density at radius 2 is 2.07 bits per heavy atom. The van der Waals surface area contributed by atoms with Crippen LogP contribution in [0, 0.1) is 0 Å². The highest BCUT2D eigenvalue weighted by atomic mass is 32.1. The van der Waals surface area contributed by atoms with E-state index < -0.39 is 6.10 Å². The average Bonchev–Trinajstić information content (AvgIpc) is 3.41. The third-order valence-electron chi connectivity index (χ3n) is 5.22. The Labute approximate surface area is 166 Å². The van der Waals surface area contributed by atoms with E-state index in [4.69, 9.17) is 9.26 Å². The lowest BCUT2D eigenvalue weighted by atomic mass is 9.99. The summed E-state index contributed by atoms with van der Waals surface area (Å²) in [5.74, 6) is 0.965. The Balaban J connectivity index is 1.32. The molecule has 1 aliphatic heterocycles. The van der Waals surface area contributed by atoms with Crippen molar-refractivity contribution in [2.24, 2.45) is 0 Å². The van der Waals surface area contributed by atoms with E-state index >= 15 is 0 Å². The van der Waals surface area contributed by atoms with Crippen molar-refractivity contribution in [2.75, 3.05) is 19.7 Å². The number of aryl methyl sites for hydroxylation is 2. The average molecular weight is 396 g/mol. The van der Waals surface area contributed by atoms with Crippen molar-refractivity contribution in [3.8, 4) is 11.4 Å². The first-order valence-electron chi connectivity index (χ1n) is 9.54. The molecule has 1 fully saturated rings. The van der Waals surface area contributed by atoms with Gasteiger partial charge >= 0.3 is 0 Å². The van der Waals surface area contributed by atoms with Crippen LogP contribution >= 0.6 is 11.3 Å². The number of carbonyl (C=O) groups excluding carboxylic acids is 1. The van der Waals surface area contributed by atoms with Gasteiger partial charge in [0.1, 0.15) is 0 Å². The van der Waals surface area contributed by atoms with Crippen LogP contribution in [0.15, 0.2) is 35.1 Å². The fourth-order valence-corrected chi connectivity index (χ4v) is 4.94. The smallest absolute Gasteiger partial charge is 0.264 e. The molecule has 1 atom stereocenters. The van der Waals surface area contributed by atoms with Gasteiger partial charge in [0.05, 0.1) is 18.0 Å². The summed E-state index contributed by atoms with van der Waals surface area (Å²) in [4.78, 5) is 25.5. The predicted octanol–water partition coefficient (Wildman–Crippen LogP) is 3.29. The van der Waals surface area contributed by atoms with Crippen LogP contribution < -0.4 is 0 Å². The number of nitrogens with zero attached hydrogens (tertiary/aromatic N) is 4. The maximum absolute atomic E-state index is 13.0. The van der Waals surface area contributed by atoms with Crippen LogP contribution in [-0.2, 0) is 17.6 Å². The number of hydrogen-bond acceptors (Lipinski definition) is 7. The van der Waals surface area contributed by atoms with Gasteiger partial charge in [-0.1, -0.05) is 5.16 Å². The molecule has 0 bridgehead atoms. The SMILES string of the molecule is O=C(c1cc2c(s1)CCCC2)N1CCO[C@@H](c2nc(-c3ccncc3)no2)C1. The third-order valence-corrected chi connectivity index (χ3v) is 6.44. The predicted molar refractivity (Wildman–Crippen MR) is 103 cm³/mol. The molecule has 3 aromatic rings. The second-order valence-electron chi connectivity index (χ2n) is 7.07. The standard InChI is InChI=1S/C20H20N4O3S/c25-20(17-11-14-3-1-2-4-16(14)28-17)24-9-10-26-15(12-24)19-22-18(23-27-19)13-5-7-21-8-6-13/h5-8,11,15H,1-4,9-10,12H2/t15-/m1/s1. The molecular formula is C20H20N4O3S. The fourth-order valence-electron chi connectivity index (χ4n) is 3.72. The van der Waals surface area contributed by atoms with Crippen molar-refractivity contribution >= 4 is 17.2 Å². The van der Waals surface area contributed by atoms with E-state index in [1.54, 1.807) is 23.7 Å². The maximum Gasteiger partial charge on any atom is 0.264 e. The zero-order valence-corrected chi connectivity index (χ0v) is 16.2. The molecule has 1 aliphatic carbocycles. The molecule has 1 saturated heterocycles. The van der Waals surface area contributed by atoms with E-state index in [1.165, 1.54) is 23.3 Å². The quantitative estimate of drug-likeness (QED) is 0.676. The topological polar surface area (TPSA) is 81.4 Å². The summed E-state index contributed by atoms with van der Waals surface area (Å²) in [5.41, 5.74) is 2.18. The summed E-state index contributed by atoms with van der Waals surface area (Å²) in [6.45, 7) is 1.44. The first kappa shape index (κ1) is 17.5. The number of morpholine rings is 1. The Morgan fingerprint density at radius 3 is 2.93 bits per heavy atom. The highest BCUT2D eigenvalue weighted by Crippen LogP contribution is 2.31. The number of aromatic nitrogens is 3. The number of amides is 1. The van der Waals surface area contributed by atoms with Gasteiger partial charge in [-0.15, -0.1) is 11.3 Å². The molecule has 8 heteroatoms. The normalized spacial score (nSPS) is 19.4. The highest BCUT2D eigenvalue weighted by Gasteiger charge is 2.31. The largest absolute Gasteiger partial charge is 0.365 e. The molecule has 1 amide bonds. The number of fused-ring (bicyclic) bond motifs is 1. The minimum absolute atomic E-state index is 0.0709. The highest BCUT2D eigenvalue weighted by molar-refractivity contribution is 7.14. The van der Waals surface area contributed by atoms with Crippen LogP contribution in [0.2, 0.25) is 0 Å². The number of pyridine rings is 1. The van der Waals surface area contributed by atoms with Crippen LogP contribution in [0.25, 0.3) is 11.4 Å². The van der Waals surface area contributed by atoms with Crippen molar-refractivity contribution in [2.45, 2.75) is 31.8 Å². The Morgan fingerprint density at radius 1 is 1.21 bits per heavy atom. The molecule has 0 N–H and O–H groups in total. The van der Waals surface area contributed by atoms with Crippen LogP contribution in [0.5, 0.6) is 0 Å². The van der Waals surface area contributed by atoms with Gasteiger partial charge in [0.15, 0.2) is 6.10 Å². The lowest BCUT2D eigenvalue weighted by Gasteiger charge is -2.30. The molecule has 0 radical (unpaired) electrons. The van der Waals surface area contributed by atoms with Gasteiger partial charge in [0.2, 0.25) is 5.82 Å². The van der Waals surface area contributed by atoms with Gasteiger partial charge in [-0.3, -0.25) is 9.78 Å². The van der Waals surface area contributed by atoms with Gasteiger partial charge in [-0.05, 0) is 49.4 Å². The first-order chi connectivity index (χ1) is 13.8. The molecule has 0 spiro atoms. The molecule has 5 rings (SSSR count). The molecule has 0 unspecified atom stereocenters. The van der Waals surface area contributed by atoms with E-state index in [0.717, 1.165) is 23.3 Å². The van der Waals surface area contributed by atoms with Gasteiger partial charge in [0, 0.05) is 29.4 Å². The van der Waals surface area contributed by atoms with Crippen LogP contribution in [-0.4, -0.2) is 45.6 Å². The zero-order chi connectivity index (χ0) is 18.9. The Bertz CT molecular complexity index is 961. The zero-order valence-electron chi connectivity index (χ0n) is 15.3. The van der Waals surface area contributed by atoms with E-state index in [2.05, 4.69) is 21.2 Å². The van der Waals surface area contributed by atoms with Crippen molar-refractivity contribution in [3.63, 3.8) is 0 Å². The van der Waals surface area contributed by atoms with E-state index in [0.29, 0.717) is 31.4 Å². The molecule has 144 valence electrons. The summed E-state index contributed by atoms with van der Waals surface area (Å²) < 4.78 is 11.2. The van der Waals surface area contributed by atoms with Gasteiger partial charge < -0.3 is 14.2 Å². The van der Waals surface area contributed by atoms with Gasteiger partial charge in [0.25, 0.3) is 11.8 Å². The maximum atomic E-state index is 13.0.